The molecule has 2 heteroatoms. The summed E-state index contributed by atoms with van der Waals surface area (Å²) >= 11 is 0. The van der Waals surface area contributed by atoms with E-state index in [4.69, 9.17) is 0 Å². The molecule has 0 saturated carbocycles. The van der Waals surface area contributed by atoms with Crippen molar-refractivity contribution in [1.29, 1.82) is 0 Å². The molecule has 0 amide bonds. The molecule has 0 unspecified atom stereocenters. The summed E-state index contributed by atoms with van der Waals surface area (Å²) in [5, 5.41) is 8.12. The highest BCUT2D eigenvalue weighted by atomic mass is 15.1. The largest absolute Gasteiger partial charge is 0.278 e. The molecule has 1 aromatic carbocycles. The lowest BCUT2D eigenvalue weighted by Gasteiger charge is -1.90. The number of H-pyrrole nitrogens is 1. The maximum atomic E-state index is 4.08. The van der Waals surface area contributed by atoms with E-state index >= 15 is 0 Å². The van der Waals surface area contributed by atoms with Gasteiger partial charge in [0.25, 0.3) is 0 Å². The normalized spacial score (nSPS) is 10.7. The fourth-order valence-corrected chi connectivity index (χ4v) is 1.18. The Labute approximate surface area is 65.2 Å². The van der Waals surface area contributed by atoms with E-state index in [0.717, 1.165) is 22.2 Å². The summed E-state index contributed by atoms with van der Waals surface area (Å²) in [6, 6.07) is 7.30. The van der Waals surface area contributed by atoms with Crippen molar-refractivity contribution in [3.63, 3.8) is 0 Å². The van der Waals surface area contributed by atoms with Crippen LogP contribution in [-0.4, -0.2) is 10.2 Å². The van der Waals surface area contributed by atoms with Gasteiger partial charge in [-0.25, -0.2) is 0 Å². The van der Waals surface area contributed by atoms with E-state index in [-0.39, 0.29) is 0 Å². The van der Waals surface area contributed by atoms with Crippen LogP contribution < -0.4 is 0 Å². The van der Waals surface area contributed by atoms with Gasteiger partial charge in [-0.05, 0) is 31.5 Å². The average Bonchev–Trinajstić information content (AvgIpc) is 2.33. The third kappa shape index (κ3) is 0.909. The first-order chi connectivity index (χ1) is 5.27. The summed E-state index contributed by atoms with van der Waals surface area (Å²) in [5.41, 5.74) is 3.24. The number of rotatable bonds is 0. The highest BCUT2D eigenvalue weighted by molar-refractivity contribution is 5.80. The summed E-state index contributed by atoms with van der Waals surface area (Å²) < 4.78 is 0. The van der Waals surface area contributed by atoms with Gasteiger partial charge in [-0.1, -0.05) is 6.07 Å². The molecule has 55 valence electrons. The molecule has 1 heterocycles. The number of fused-ring (bicyclic) bond motifs is 1. The minimum atomic E-state index is 1.02. The zero-order valence-electron chi connectivity index (χ0n) is 6.60. The Balaban J connectivity index is 2.87. The van der Waals surface area contributed by atoms with Crippen LogP contribution in [0.5, 0.6) is 0 Å². The molecule has 0 saturated heterocycles. The predicted molar refractivity (Wildman–Crippen MR) is 44.4 cm³/mol. The van der Waals surface area contributed by atoms with Gasteiger partial charge in [-0.3, -0.25) is 5.10 Å². The number of nitrogens with zero attached hydrogens (tertiary/aromatic N) is 1. The molecule has 0 bridgehead atoms. The monoisotopic (exact) mass is 145 g/mol. The SMILES string of the molecule is Cc1[c]c2c(C)n[nH]c2cc1. The van der Waals surface area contributed by atoms with Crippen molar-refractivity contribution in [2.75, 3.05) is 0 Å². The highest BCUT2D eigenvalue weighted by Gasteiger charge is 1.99. The number of hydrogen-bond donors (Lipinski definition) is 1. The number of aromatic nitrogens is 2. The third-order valence-electron chi connectivity index (χ3n) is 1.80. The Hall–Kier alpha value is -1.31. The molecule has 0 aliphatic heterocycles. The smallest absolute Gasteiger partial charge is 0.0676 e. The molecule has 1 N–H and O–H groups in total. The van der Waals surface area contributed by atoms with E-state index in [1.807, 2.05) is 26.0 Å². The van der Waals surface area contributed by atoms with Gasteiger partial charge >= 0.3 is 0 Å². The predicted octanol–water partition coefficient (Wildman–Crippen LogP) is 1.98. The van der Waals surface area contributed by atoms with Crippen LogP contribution in [0.1, 0.15) is 11.3 Å². The van der Waals surface area contributed by atoms with E-state index in [0.29, 0.717) is 0 Å². The molecule has 2 rings (SSSR count). The topological polar surface area (TPSA) is 28.7 Å². The van der Waals surface area contributed by atoms with Crippen molar-refractivity contribution in [1.82, 2.24) is 10.2 Å². The molecule has 0 fully saturated rings. The van der Waals surface area contributed by atoms with Crippen molar-refractivity contribution >= 4 is 10.9 Å². The maximum absolute atomic E-state index is 4.08. The summed E-state index contributed by atoms with van der Waals surface area (Å²) in [5.74, 6) is 0. The van der Waals surface area contributed by atoms with Crippen LogP contribution in [-0.2, 0) is 0 Å². The first-order valence-corrected chi connectivity index (χ1v) is 3.61. The summed E-state index contributed by atoms with van der Waals surface area (Å²) in [4.78, 5) is 0. The Kier molecular flexibility index (Phi) is 1.22. The van der Waals surface area contributed by atoms with Crippen molar-refractivity contribution in [2.45, 2.75) is 13.8 Å². The number of aryl methyl sites for hydroxylation is 2. The Morgan fingerprint density at radius 2 is 2.18 bits per heavy atom. The molecular formula is C9H9N2. The van der Waals surface area contributed by atoms with Crippen molar-refractivity contribution in [3.8, 4) is 0 Å². The van der Waals surface area contributed by atoms with Crippen molar-refractivity contribution in [2.24, 2.45) is 0 Å². The lowest BCUT2D eigenvalue weighted by atomic mass is 10.1. The van der Waals surface area contributed by atoms with E-state index in [2.05, 4.69) is 16.3 Å². The maximum Gasteiger partial charge on any atom is 0.0676 e. The van der Waals surface area contributed by atoms with Gasteiger partial charge < -0.3 is 0 Å². The summed E-state index contributed by atoms with van der Waals surface area (Å²) in [6.45, 7) is 4.01. The van der Waals surface area contributed by atoms with Crippen molar-refractivity contribution < 1.29 is 0 Å². The molecule has 1 aromatic heterocycles. The quantitative estimate of drug-likeness (QED) is 0.603. The lowest BCUT2D eigenvalue weighted by molar-refractivity contribution is 1.07. The van der Waals surface area contributed by atoms with Crippen LogP contribution in [0.3, 0.4) is 0 Å². The Bertz CT molecular complexity index is 387. The zero-order chi connectivity index (χ0) is 7.84. The Morgan fingerprint density at radius 1 is 1.36 bits per heavy atom. The van der Waals surface area contributed by atoms with Crippen molar-refractivity contribution in [3.05, 3.63) is 29.5 Å². The first-order valence-electron chi connectivity index (χ1n) is 3.61. The van der Waals surface area contributed by atoms with Gasteiger partial charge in [0.2, 0.25) is 0 Å². The van der Waals surface area contributed by atoms with Gasteiger partial charge in [-0.2, -0.15) is 5.10 Å². The summed E-state index contributed by atoms with van der Waals surface area (Å²) in [6.07, 6.45) is 0. The number of nitrogens with one attached hydrogen (secondary N) is 1. The van der Waals surface area contributed by atoms with Crippen LogP contribution in [0.2, 0.25) is 0 Å². The Morgan fingerprint density at radius 3 is 3.00 bits per heavy atom. The molecule has 11 heavy (non-hydrogen) atoms. The van der Waals surface area contributed by atoms with E-state index in [1.165, 1.54) is 0 Å². The van der Waals surface area contributed by atoms with Gasteiger partial charge in [0.1, 0.15) is 0 Å². The lowest BCUT2D eigenvalue weighted by Crippen LogP contribution is -1.73. The molecule has 0 atom stereocenters. The first kappa shape index (κ1) is 6.40. The van der Waals surface area contributed by atoms with E-state index in [1.54, 1.807) is 0 Å². The van der Waals surface area contributed by atoms with Crippen LogP contribution in [0.4, 0.5) is 0 Å². The molecular weight excluding hydrogens is 136 g/mol. The number of aromatic amines is 1. The van der Waals surface area contributed by atoms with Crippen LogP contribution in [0, 0.1) is 19.9 Å². The molecule has 0 spiro atoms. The molecule has 2 nitrogen and oxygen atoms in total. The molecule has 2 aromatic rings. The fourth-order valence-electron chi connectivity index (χ4n) is 1.18. The van der Waals surface area contributed by atoms with Crippen LogP contribution >= 0.6 is 0 Å². The molecule has 0 aliphatic carbocycles. The second-order valence-electron chi connectivity index (χ2n) is 2.74. The van der Waals surface area contributed by atoms with E-state index < -0.39 is 0 Å². The number of hydrogen-bond acceptors (Lipinski definition) is 1. The zero-order valence-corrected chi connectivity index (χ0v) is 6.60. The van der Waals surface area contributed by atoms with Gasteiger partial charge in [0.05, 0.1) is 11.2 Å². The van der Waals surface area contributed by atoms with Gasteiger partial charge in [0.15, 0.2) is 0 Å². The van der Waals surface area contributed by atoms with Crippen LogP contribution in [0.15, 0.2) is 12.1 Å². The fraction of sp³-hybridized carbons (Fsp3) is 0.222. The standard InChI is InChI=1S/C9H9N2/c1-6-3-4-9-8(5-6)7(2)10-11-9/h3-4H,1-2H3,(H,10,11). The second-order valence-corrected chi connectivity index (χ2v) is 2.74. The van der Waals surface area contributed by atoms with Gasteiger partial charge in [-0.15, -0.1) is 0 Å². The van der Waals surface area contributed by atoms with E-state index in [9.17, 15) is 0 Å². The number of benzene rings is 1. The summed E-state index contributed by atoms with van der Waals surface area (Å²) in [7, 11) is 0. The minimum Gasteiger partial charge on any atom is -0.278 e. The third-order valence-corrected chi connectivity index (χ3v) is 1.80. The van der Waals surface area contributed by atoms with Crippen LogP contribution in [0.25, 0.3) is 10.9 Å². The second kappa shape index (κ2) is 2.09. The highest BCUT2D eigenvalue weighted by Crippen LogP contribution is 2.14. The molecule has 0 aliphatic rings. The molecule has 1 radical (unpaired) electrons. The average molecular weight is 145 g/mol. The van der Waals surface area contributed by atoms with Gasteiger partial charge in [0, 0.05) is 5.39 Å². The minimum absolute atomic E-state index is 1.02.